The molecule has 0 saturated heterocycles. The Kier molecular flexibility index (Phi) is 3.29. The van der Waals surface area contributed by atoms with E-state index in [9.17, 15) is 9.59 Å². The molecule has 1 aliphatic rings. The van der Waals surface area contributed by atoms with Crippen molar-refractivity contribution < 1.29 is 9.59 Å². The maximum atomic E-state index is 12.2. The third-order valence-electron chi connectivity index (χ3n) is 4.82. The summed E-state index contributed by atoms with van der Waals surface area (Å²) in [5.74, 6) is -0.660. The van der Waals surface area contributed by atoms with Crippen molar-refractivity contribution in [2.24, 2.45) is 0 Å². The van der Waals surface area contributed by atoms with Gasteiger partial charge in [0.15, 0.2) is 0 Å². The van der Waals surface area contributed by atoms with Crippen molar-refractivity contribution >= 4 is 22.6 Å². The minimum absolute atomic E-state index is 0.100. The Hall–Kier alpha value is -2.94. The number of hydrogen-bond acceptors (Lipinski definition) is 2. The molecule has 0 unspecified atom stereocenters. The van der Waals surface area contributed by atoms with Gasteiger partial charge in [0.25, 0.3) is 11.8 Å². The fourth-order valence-corrected chi connectivity index (χ4v) is 3.42. The number of amides is 2. The van der Waals surface area contributed by atoms with E-state index in [1.807, 2.05) is 18.2 Å². The second-order valence-electron chi connectivity index (χ2n) is 7.50. The third-order valence-corrected chi connectivity index (χ3v) is 4.82. The van der Waals surface area contributed by atoms with Crippen LogP contribution in [0.4, 0.5) is 0 Å². The third kappa shape index (κ3) is 2.43. The first-order valence-corrected chi connectivity index (χ1v) is 8.38. The van der Waals surface area contributed by atoms with Crippen LogP contribution in [0, 0.1) is 0 Å². The van der Waals surface area contributed by atoms with Crippen LogP contribution in [0.25, 0.3) is 21.9 Å². The fourth-order valence-electron chi connectivity index (χ4n) is 3.42. The van der Waals surface area contributed by atoms with E-state index in [2.05, 4.69) is 50.4 Å². The summed E-state index contributed by atoms with van der Waals surface area (Å²) in [6.45, 7) is 6.57. The summed E-state index contributed by atoms with van der Waals surface area (Å²) in [6, 6.07) is 17.9. The number of hydrogen-bond donors (Lipinski definition) is 1. The molecule has 3 aromatic carbocycles. The first kappa shape index (κ1) is 15.6. The summed E-state index contributed by atoms with van der Waals surface area (Å²) in [5, 5.41) is 4.08. The van der Waals surface area contributed by atoms with E-state index in [1.54, 1.807) is 12.1 Å². The molecule has 0 fully saturated rings. The molecule has 25 heavy (non-hydrogen) atoms. The zero-order chi connectivity index (χ0) is 17.8. The van der Waals surface area contributed by atoms with Gasteiger partial charge in [-0.25, -0.2) is 0 Å². The van der Waals surface area contributed by atoms with Crippen LogP contribution in [0.3, 0.4) is 0 Å². The van der Waals surface area contributed by atoms with Crippen LogP contribution in [-0.2, 0) is 5.41 Å². The van der Waals surface area contributed by atoms with E-state index >= 15 is 0 Å². The zero-order valence-electron chi connectivity index (χ0n) is 14.5. The average molecular weight is 329 g/mol. The molecular weight excluding hydrogens is 310 g/mol. The molecule has 4 rings (SSSR count). The molecule has 0 saturated carbocycles. The number of carbonyl (C=O) groups is 2. The Bertz CT molecular complexity index is 1000. The van der Waals surface area contributed by atoms with Gasteiger partial charge in [-0.3, -0.25) is 14.9 Å². The molecule has 0 spiro atoms. The summed E-state index contributed by atoms with van der Waals surface area (Å²) in [7, 11) is 0. The molecule has 3 heteroatoms. The van der Waals surface area contributed by atoms with Crippen LogP contribution >= 0.6 is 0 Å². The first-order valence-electron chi connectivity index (χ1n) is 8.38. The quantitative estimate of drug-likeness (QED) is 0.658. The Morgan fingerprint density at radius 1 is 0.720 bits per heavy atom. The van der Waals surface area contributed by atoms with Gasteiger partial charge in [0.1, 0.15) is 0 Å². The monoisotopic (exact) mass is 329 g/mol. The van der Waals surface area contributed by atoms with E-state index in [-0.39, 0.29) is 17.2 Å². The zero-order valence-corrected chi connectivity index (χ0v) is 14.5. The normalized spacial score (nSPS) is 13.9. The summed E-state index contributed by atoms with van der Waals surface area (Å²) >= 11 is 0. The van der Waals surface area contributed by atoms with Gasteiger partial charge in [-0.05, 0) is 39.6 Å². The van der Waals surface area contributed by atoms with E-state index in [0.717, 1.165) is 21.9 Å². The molecule has 124 valence electrons. The summed E-state index contributed by atoms with van der Waals surface area (Å²) in [5.41, 5.74) is 4.59. The van der Waals surface area contributed by atoms with E-state index in [4.69, 9.17) is 0 Å². The van der Waals surface area contributed by atoms with Crippen molar-refractivity contribution in [1.29, 1.82) is 0 Å². The molecule has 3 aromatic rings. The lowest BCUT2D eigenvalue weighted by Gasteiger charge is -2.20. The minimum atomic E-state index is -0.330. The van der Waals surface area contributed by atoms with Crippen molar-refractivity contribution in [3.05, 3.63) is 71.3 Å². The lowest BCUT2D eigenvalue weighted by molar-refractivity contribution is 0.0845. The highest BCUT2D eigenvalue weighted by molar-refractivity contribution is 6.27. The lowest BCUT2D eigenvalue weighted by atomic mass is 9.85. The van der Waals surface area contributed by atoms with E-state index in [0.29, 0.717) is 11.1 Å². The second-order valence-corrected chi connectivity index (χ2v) is 7.50. The molecule has 1 heterocycles. The van der Waals surface area contributed by atoms with Gasteiger partial charge in [0.2, 0.25) is 0 Å². The molecule has 3 nitrogen and oxygen atoms in total. The van der Waals surface area contributed by atoms with Gasteiger partial charge < -0.3 is 0 Å². The van der Waals surface area contributed by atoms with E-state index in [1.165, 1.54) is 5.56 Å². The van der Waals surface area contributed by atoms with Crippen molar-refractivity contribution in [1.82, 2.24) is 5.32 Å². The molecule has 0 bridgehead atoms. The fraction of sp³-hybridized carbons (Fsp3) is 0.182. The van der Waals surface area contributed by atoms with Crippen LogP contribution in [0.5, 0.6) is 0 Å². The van der Waals surface area contributed by atoms with Crippen LogP contribution in [0.1, 0.15) is 47.1 Å². The largest absolute Gasteiger partial charge is 0.288 e. The number of rotatable bonds is 1. The maximum absolute atomic E-state index is 12.2. The van der Waals surface area contributed by atoms with Gasteiger partial charge in [0, 0.05) is 16.5 Å². The highest BCUT2D eigenvalue weighted by Crippen LogP contribution is 2.35. The van der Waals surface area contributed by atoms with Gasteiger partial charge in [0.05, 0.1) is 0 Å². The van der Waals surface area contributed by atoms with Gasteiger partial charge in [-0.2, -0.15) is 0 Å². The summed E-state index contributed by atoms with van der Waals surface area (Å²) < 4.78 is 0. The summed E-state index contributed by atoms with van der Waals surface area (Å²) in [6.07, 6.45) is 0. The lowest BCUT2D eigenvalue weighted by Crippen LogP contribution is -2.34. The molecule has 1 N–H and O–H groups in total. The molecule has 0 radical (unpaired) electrons. The molecule has 0 atom stereocenters. The second kappa shape index (κ2) is 5.28. The first-order chi connectivity index (χ1) is 11.9. The molecule has 0 aromatic heterocycles. The van der Waals surface area contributed by atoms with Gasteiger partial charge in [-0.1, -0.05) is 63.2 Å². The Labute approximate surface area is 146 Å². The maximum Gasteiger partial charge on any atom is 0.258 e. The number of imide groups is 1. The van der Waals surface area contributed by atoms with Gasteiger partial charge in [-0.15, -0.1) is 0 Å². The van der Waals surface area contributed by atoms with Gasteiger partial charge >= 0.3 is 0 Å². The van der Waals surface area contributed by atoms with Crippen molar-refractivity contribution in [2.45, 2.75) is 26.2 Å². The van der Waals surface area contributed by atoms with Crippen molar-refractivity contribution in [3.8, 4) is 11.1 Å². The number of nitrogens with one attached hydrogen (secondary N) is 1. The highest BCUT2D eigenvalue weighted by Gasteiger charge is 2.25. The Morgan fingerprint density at radius 2 is 1.32 bits per heavy atom. The van der Waals surface area contributed by atoms with Crippen LogP contribution in [-0.4, -0.2) is 11.8 Å². The highest BCUT2D eigenvalue weighted by atomic mass is 16.2. The molecule has 2 amide bonds. The Morgan fingerprint density at radius 3 is 1.96 bits per heavy atom. The van der Waals surface area contributed by atoms with Crippen LogP contribution in [0.2, 0.25) is 0 Å². The van der Waals surface area contributed by atoms with Crippen LogP contribution in [0.15, 0.2) is 54.6 Å². The van der Waals surface area contributed by atoms with Crippen molar-refractivity contribution in [3.63, 3.8) is 0 Å². The van der Waals surface area contributed by atoms with Crippen LogP contribution < -0.4 is 5.32 Å². The van der Waals surface area contributed by atoms with Crippen molar-refractivity contribution in [2.75, 3.05) is 0 Å². The molecule has 0 aliphatic carbocycles. The summed E-state index contributed by atoms with van der Waals surface area (Å²) in [4.78, 5) is 24.3. The van der Waals surface area contributed by atoms with E-state index < -0.39 is 0 Å². The molecular formula is C22H19NO2. The molecule has 1 aliphatic heterocycles. The Balaban J connectivity index is 1.95. The number of benzene rings is 3. The minimum Gasteiger partial charge on any atom is -0.288 e. The SMILES string of the molecule is CC(C)(C)c1ccc(-c2ccc3c4c(cccc24)C(=O)NC3=O)cc1. The predicted octanol–water partition coefficient (Wildman–Crippen LogP) is 4.69. The predicted molar refractivity (Wildman–Crippen MR) is 99.9 cm³/mol. The standard InChI is InChI=1S/C22H19NO2/c1-22(2,3)14-9-7-13(8-10-14)15-11-12-18-19-16(15)5-4-6-17(19)20(24)23-21(18)25/h4-12H,1-3H3,(H,23,24,25). The smallest absolute Gasteiger partial charge is 0.258 e. The average Bonchev–Trinajstić information content (AvgIpc) is 2.58. The topological polar surface area (TPSA) is 46.2 Å². The number of carbonyl (C=O) groups excluding carboxylic acids is 2.